The largest absolute Gasteiger partial charge is 0.468 e. The van der Waals surface area contributed by atoms with E-state index in [0.717, 1.165) is 36.6 Å². The molecule has 6 nitrogen and oxygen atoms in total. The summed E-state index contributed by atoms with van der Waals surface area (Å²) in [4.78, 5) is 30.2. The molecule has 3 rings (SSSR count). The molecule has 1 N–H and O–H groups in total. The molecule has 2 aromatic carbocycles. The number of para-hydroxylation sites is 1. The van der Waals surface area contributed by atoms with Crippen molar-refractivity contribution in [3.05, 3.63) is 59.7 Å². The third kappa shape index (κ3) is 5.55. The summed E-state index contributed by atoms with van der Waals surface area (Å²) in [5.74, 6) is -0.459. The number of nitrogens with one attached hydrogen (secondary N) is 1. The molecular formula is C23H29N3O3S. The normalized spacial score (nSPS) is 15.5. The quantitative estimate of drug-likeness (QED) is 0.541. The van der Waals surface area contributed by atoms with Crippen molar-refractivity contribution in [1.29, 1.82) is 0 Å². The Morgan fingerprint density at radius 2 is 1.73 bits per heavy atom. The number of likely N-dealkylation sites (N-methyl/N-ethyl adjacent to an activating group) is 1. The maximum Gasteiger partial charge on any atom is 0.318 e. The van der Waals surface area contributed by atoms with Gasteiger partial charge in [-0.1, -0.05) is 30.3 Å². The number of thioether (sulfide) groups is 1. The van der Waals surface area contributed by atoms with Crippen LogP contribution in [0.1, 0.15) is 22.8 Å². The molecule has 1 saturated heterocycles. The molecule has 0 aromatic heterocycles. The Morgan fingerprint density at radius 1 is 1.07 bits per heavy atom. The number of carbonyl (C=O) groups excluding carboxylic acids is 2. The van der Waals surface area contributed by atoms with Crippen molar-refractivity contribution in [1.82, 2.24) is 10.2 Å². The van der Waals surface area contributed by atoms with Crippen molar-refractivity contribution < 1.29 is 14.3 Å². The van der Waals surface area contributed by atoms with Gasteiger partial charge in [0, 0.05) is 43.3 Å². The van der Waals surface area contributed by atoms with E-state index in [4.69, 9.17) is 4.74 Å². The highest BCUT2D eigenvalue weighted by Crippen LogP contribution is 2.28. The summed E-state index contributed by atoms with van der Waals surface area (Å²) in [7, 11) is 3.51. The first kappa shape index (κ1) is 22.2. The molecule has 1 aliphatic heterocycles. The van der Waals surface area contributed by atoms with Gasteiger partial charge in [0.2, 0.25) is 0 Å². The predicted molar refractivity (Wildman–Crippen MR) is 121 cm³/mol. The Kier molecular flexibility index (Phi) is 7.76. The van der Waals surface area contributed by atoms with E-state index in [1.165, 1.54) is 24.6 Å². The Balaban J connectivity index is 1.69. The number of ether oxygens (including phenoxy) is 1. The van der Waals surface area contributed by atoms with Gasteiger partial charge < -0.3 is 19.9 Å². The minimum atomic E-state index is -0.387. The SMILES string of the molecule is COC(=O)C(C)Sc1ccccc1C(=O)NCc1ccccc1N1CCN(C)CC1. The molecular weight excluding hydrogens is 398 g/mol. The van der Waals surface area contributed by atoms with Crippen LogP contribution in [0.5, 0.6) is 0 Å². The van der Waals surface area contributed by atoms with Crippen LogP contribution in [-0.2, 0) is 16.1 Å². The third-order valence-electron chi connectivity index (χ3n) is 5.24. The number of benzene rings is 2. The van der Waals surface area contributed by atoms with Crippen molar-refractivity contribution in [2.45, 2.75) is 23.6 Å². The number of methoxy groups -OCH3 is 1. The molecule has 7 heteroatoms. The van der Waals surface area contributed by atoms with Crippen molar-refractivity contribution in [3.8, 4) is 0 Å². The second-order valence-corrected chi connectivity index (χ2v) is 8.76. The Hall–Kier alpha value is -2.51. The van der Waals surface area contributed by atoms with Gasteiger partial charge in [-0.2, -0.15) is 0 Å². The monoisotopic (exact) mass is 427 g/mol. The van der Waals surface area contributed by atoms with Crippen LogP contribution in [0.15, 0.2) is 53.4 Å². The van der Waals surface area contributed by atoms with Gasteiger partial charge in [0.05, 0.1) is 12.7 Å². The summed E-state index contributed by atoms with van der Waals surface area (Å²) in [6, 6.07) is 15.6. The number of hydrogen-bond acceptors (Lipinski definition) is 6. The lowest BCUT2D eigenvalue weighted by atomic mass is 10.1. The average molecular weight is 428 g/mol. The molecule has 2 aromatic rings. The number of esters is 1. The summed E-state index contributed by atoms with van der Waals surface area (Å²) in [5, 5.41) is 2.67. The Bertz CT molecular complexity index is 882. The van der Waals surface area contributed by atoms with Gasteiger partial charge in [-0.3, -0.25) is 9.59 Å². The third-order valence-corrected chi connectivity index (χ3v) is 6.40. The summed E-state index contributed by atoms with van der Waals surface area (Å²) in [6.07, 6.45) is 0. The number of piperazine rings is 1. The molecule has 30 heavy (non-hydrogen) atoms. The number of anilines is 1. The first-order chi connectivity index (χ1) is 14.5. The van der Waals surface area contributed by atoms with Gasteiger partial charge in [-0.15, -0.1) is 11.8 Å². The number of carbonyl (C=O) groups is 2. The molecule has 0 radical (unpaired) electrons. The van der Waals surface area contributed by atoms with Crippen molar-refractivity contribution in [2.75, 3.05) is 45.2 Å². The molecule has 1 amide bonds. The fourth-order valence-electron chi connectivity index (χ4n) is 3.45. The number of amides is 1. The van der Waals surface area contributed by atoms with Gasteiger partial charge in [0.25, 0.3) is 5.91 Å². The smallest absolute Gasteiger partial charge is 0.318 e. The van der Waals surface area contributed by atoms with Crippen LogP contribution in [0.25, 0.3) is 0 Å². The van der Waals surface area contributed by atoms with Crippen molar-refractivity contribution in [2.24, 2.45) is 0 Å². The minimum Gasteiger partial charge on any atom is -0.468 e. The summed E-state index contributed by atoms with van der Waals surface area (Å²) >= 11 is 1.33. The van der Waals surface area contributed by atoms with Crippen molar-refractivity contribution in [3.63, 3.8) is 0 Å². The zero-order valence-corrected chi connectivity index (χ0v) is 18.6. The molecule has 0 spiro atoms. The van der Waals surface area contributed by atoms with Crippen LogP contribution < -0.4 is 10.2 Å². The van der Waals surface area contributed by atoms with Gasteiger partial charge in [-0.05, 0) is 37.7 Å². The zero-order valence-electron chi connectivity index (χ0n) is 17.8. The van der Waals surface area contributed by atoms with E-state index in [9.17, 15) is 9.59 Å². The lowest BCUT2D eigenvalue weighted by Crippen LogP contribution is -2.45. The topological polar surface area (TPSA) is 61.9 Å². The van der Waals surface area contributed by atoms with Gasteiger partial charge in [-0.25, -0.2) is 0 Å². The molecule has 1 unspecified atom stereocenters. The van der Waals surface area contributed by atoms with Crippen LogP contribution >= 0.6 is 11.8 Å². The molecule has 0 bridgehead atoms. The van der Waals surface area contributed by atoms with Crippen LogP contribution in [0.2, 0.25) is 0 Å². The fourth-order valence-corrected chi connectivity index (χ4v) is 4.47. The van der Waals surface area contributed by atoms with Crippen LogP contribution in [0.3, 0.4) is 0 Å². The number of hydrogen-bond donors (Lipinski definition) is 1. The first-order valence-corrected chi connectivity index (χ1v) is 11.0. The van der Waals surface area contributed by atoms with Gasteiger partial charge in [0.15, 0.2) is 0 Å². The zero-order chi connectivity index (χ0) is 21.5. The maximum absolute atomic E-state index is 12.9. The highest BCUT2D eigenvalue weighted by molar-refractivity contribution is 8.00. The summed E-state index contributed by atoms with van der Waals surface area (Å²) < 4.78 is 4.80. The molecule has 160 valence electrons. The molecule has 0 saturated carbocycles. The highest BCUT2D eigenvalue weighted by atomic mass is 32.2. The Labute approximate surface area is 182 Å². The van der Waals surface area contributed by atoms with E-state index in [1.807, 2.05) is 30.3 Å². The summed E-state index contributed by atoms with van der Waals surface area (Å²) in [6.45, 7) is 6.25. The highest BCUT2D eigenvalue weighted by Gasteiger charge is 2.20. The first-order valence-electron chi connectivity index (χ1n) is 10.1. The van der Waals surface area contributed by atoms with Crippen LogP contribution in [-0.4, -0.2) is 62.4 Å². The van der Waals surface area contributed by atoms with E-state index in [1.54, 1.807) is 13.0 Å². The molecule has 1 aliphatic rings. The van der Waals surface area contributed by atoms with Gasteiger partial charge in [0.1, 0.15) is 5.25 Å². The van der Waals surface area contributed by atoms with E-state index in [0.29, 0.717) is 12.1 Å². The second kappa shape index (κ2) is 10.5. The molecule has 1 fully saturated rings. The second-order valence-electron chi connectivity index (χ2n) is 7.38. The Morgan fingerprint density at radius 3 is 2.47 bits per heavy atom. The average Bonchev–Trinajstić information content (AvgIpc) is 2.78. The van der Waals surface area contributed by atoms with Gasteiger partial charge >= 0.3 is 5.97 Å². The summed E-state index contributed by atoms with van der Waals surface area (Å²) in [5.41, 5.74) is 2.84. The lowest BCUT2D eigenvalue weighted by Gasteiger charge is -2.35. The van der Waals surface area contributed by atoms with E-state index in [2.05, 4.69) is 34.3 Å². The van der Waals surface area contributed by atoms with E-state index in [-0.39, 0.29) is 17.1 Å². The molecule has 0 aliphatic carbocycles. The standard InChI is InChI=1S/C23H29N3O3S/c1-17(23(28)29-3)30-21-11-7-5-9-19(21)22(27)24-16-18-8-4-6-10-20(18)26-14-12-25(2)13-15-26/h4-11,17H,12-16H2,1-3H3,(H,24,27). The molecule has 1 atom stereocenters. The number of rotatable bonds is 7. The van der Waals surface area contributed by atoms with Crippen LogP contribution in [0, 0.1) is 0 Å². The number of nitrogens with zero attached hydrogens (tertiary/aromatic N) is 2. The fraction of sp³-hybridized carbons (Fsp3) is 0.391. The van der Waals surface area contributed by atoms with E-state index >= 15 is 0 Å². The minimum absolute atomic E-state index is 0.150. The predicted octanol–water partition coefficient (Wildman–Crippen LogP) is 3.02. The van der Waals surface area contributed by atoms with Crippen LogP contribution in [0.4, 0.5) is 5.69 Å². The van der Waals surface area contributed by atoms with E-state index < -0.39 is 0 Å². The maximum atomic E-state index is 12.9. The van der Waals surface area contributed by atoms with Crippen molar-refractivity contribution >= 4 is 29.3 Å². The lowest BCUT2D eigenvalue weighted by molar-refractivity contribution is -0.139. The molecule has 1 heterocycles.